The molecule has 3 aromatic carbocycles. The first-order valence-electron chi connectivity index (χ1n) is 11.8. The van der Waals surface area contributed by atoms with Gasteiger partial charge in [0, 0.05) is 5.56 Å². The van der Waals surface area contributed by atoms with E-state index in [4.69, 9.17) is 4.74 Å². The summed E-state index contributed by atoms with van der Waals surface area (Å²) in [6.07, 6.45) is 2.97. The summed E-state index contributed by atoms with van der Waals surface area (Å²) in [6, 6.07) is 12.9. The zero-order chi connectivity index (χ0) is 25.1. The molecule has 0 radical (unpaired) electrons. The predicted octanol–water partition coefficient (Wildman–Crippen LogP) is 7.97. The van der Waals surface area contributed by atoms with Crippen LogP contribution in [-0.2, 0) is 0 Å². The van der Waals surface area contributed by atoms with Crippen LogP contribution in [-0.4, -0.2) is 11.7 Å². The van der Waals surface area contributed by atoms with Gasteiger partial charge in [-0.2, -0.15) is 4.39 Å². The molecule has 0 bridgehead atoms. The minimum absolute atomic E-state index is 0.0783. The van der Waals surface area contributed by atoms with Crippen LogP contribution < -0.4 is 4.74 Å². The number of hydrogen-bond donors (Lipinski definition) is 1. The zero-order valence-electron chi connectivity index (χ0n) is 19.5. The quantitative estimate of drug-likeness (QED) is 0.272. The van der Waals surface area contributed by atoms with Crippen molar-refractivity contribution in [2.45, 2.75) is 50.5 Å². The molecule has 0 aromatic heterocycles. The van der Waals surface area contributed by atoms with E-state index in [9.17, 15) is 18.3 Å². The van der Waals surface area contributed by atoms with Crippen molar-refractivity contribution in [3.63, 3.8) is 0 Å². The third-order valence-electron chi connectivity index (χ3n) is 6.86. The smallest absolute Gasteiger partial charge is 0.200 e. The van der Waals surface area contributed by atoms with Crippen LogP contribution in [0.25, 0.3) is 11.1 Å². The minimum Gasteiger partial charge on any atom is -0.486 e. The molecule has 35 heavy (non-hydrogen) atoms. The molecule has 1 aliphatic rings. The zero-order valence-corrected chi connectivity index (χ0v) is 19.5. The summed E-state index contributed by atoms with van der Waals surface area (Å²) in [7, 11) is 0. The molecule has 0 amide bonds. The van der Waals surface area contributed by atoms with Gasteiger partial charge in [-0.05, 0) is 72.8 Å². The van der Waals surface area contributed by atoms with E-state index in [1.54, 1.807) is 49.4 Å². The average molecular weight is 485 g/mol. The van der Waals surface area contributed by atoms with Gasteiger partial charge in [-0.15, -0.1) is 0 Å². The molecule has 1 unspecified atom stereocenters. The van der Waals surface area contributed by atoms with Gasteiger partial charge >= 0.3 is 0 Å². The van der Waals surface area contributed by atoms with Crippen LogP contribution in [0.2, 0.25) is 0 Å². The predicted molar refractivity (Wildman–Crippen MR) is 128 cm³/mol. The van der Waals surface area contributed by atoms with Crippen LogP contribution in [0, 0.1) is 23.3 Å². The van der Waals surface area contributed by atoms with Gasteiger partial charge in [0.1, 0.15) is 6.61 Å². The fourth-order valence-corrected chi connectivity index (χ4v) is 4.88. The fourth-order valence-electron chi connectivity index (χ4n) is 4.88. The molecule has 1 saturated carbocycles. The van der Waals surface area contributed by atoms with Gasteiger partial charge in [0.15, 0.2) is 23.2 Å². The Bertz CT molecular complexity index is 1200. The molecule has 0 spiro atoms. The van der Waals surface area contributed by atoms with Crippen LogP contribution >= 0.6 is 0 Å². The average Bonchev–Trinajstić information content (AvgIpc) is 2.87. The van der Waals surface area contributed by atoms with Crippen molar-refractivity contribution in [2.24, 2.45) is 0 Å². The molecule has 0 saturated heterocycles. The van der Waals surface area contributed by atoms with E-state index in [0.717, 1.165) is 0 Å². The molecule has 3 aromatic rings. The molecule has 6 heteroatoms. The van der Waals surface area contributed by atoms with Crippen molar-refractivity contribution in [2.75, 3.05) is 6.61 Å². The standard InChI is InChI=1S/C29H28F4O2/c1-3-16-35-25-15-14-24(28(32)29(25)33)21-10-8-20(9-11-21)23-13-12-22(26(30)27(23)31)19-6-4-18(5-7-19)17(2)34/h3-7,12-15,17,20-21,34H,1,8-11,16H2,2H3. The summed E-state index contributed by atoms with van der Waals surface area (Å²) < 4.78 is 64.3. The van der Waals surface area contributed by atoms with Crippen molar-refractivity contribution in [3.05, 3.63) is 101 Å². The first-order valence-corrected chi connectivity index (χ1v) is 11.8. The van der Waals surface area contributed by atoms with Crippen LogP contribution in [0.3, 0.4) is 0 Å². The Morgan fingerprint density at radius 1 is 0.829 bits per heavy atom. The second kappa shape index (κ2) is 10.6. The van der Waals surface area contributed by atoms with Crippen LogP contribution in [0.5, 0.6) is 5.75 Å². The van der Waals surface area contributed by atoms with E-state index in [1.807, 2.05) is 0 Å². The Kier molecular flexibility index (Phi) is 7.60. The number of ether oxygens (including phenoxy) is 1. The normalized spacial score (nSPS) is 18.8. The molecule has 1 atom stereocenters. The van der Waals surface area contributed by atoms with E-state index in [2.05, 4.69) is 6.58 Å². The van der Waals surface area contributed by atoms with E-state index in [-0.39, 0.29) is 35.3 Å². The number of aliphatic hydroxyl groups excluding tert-OH is 1. The maximum atomic E-state index is 15.1. The van der Waals surface area contributed by atoms with Gasteiger partial charge in [-0.1, -0.05) is 55.1 Å². The summed E-state index contributed by atoms with van der Waals surface area (Å²) in [5, 5.41) is 9.65. The molecular formula is C29H28F4O2. The van der Waals surface area contributed by atoms with Gasteiger partial charge in [-0.25, -0.2) is 13.2 Å². The minimum atomic E-state index is -1.02. The Hall–Kier alpha value is -3.12. The monoisotopic (exact) mass is 484 g/mol. The van der Waals surface area contributed by atoms with E-state index < -0.39 is 29.4 Å². The van der Waals surface area contributed by atoms with E-state index in [1.165, 1.54) is 12.1 Å². The Morgan fingerprint density at radius 3 is 1.91 bits per heavy atom. The van der Waals surface area contributed by atoms with Gasteiger partial charge in [0.05, 0.1) is 6.10 Å². The molecule has 2 nitrogen and oxygen atoms in total. The molecule has 1 aliphatic carbocycles. The Morgan fingerprint density at radius 2 is 1.37 bits per heavy atom. The van der Waals surface area contributed by atoms with Gasteiger partial charge in [0.2, 0.25) is 5.82 Å². The lowest BCUT2D eigenvalue weighted by Crippen LogP contribution is -2.15. The number of aliphatic hydroxyl groups is 1. The lowest BCUT2D eigenvalue weighted by molar-refractivity contribution is 0.199. The second-order valence-corrected chi connectivity index (χ2v) is 9.06. The summed E-state index contributed by atoms with van der Waals surface area (Å²) in [6.45, 7) is 5.21. The van der Waals surface area contributed by atoms with Crippen LogP contribution in [0.1, 0.15) is 67.2 Å². The Balaban J connectivity index is 1.48. The lowest BCUT2D eigenvalue weighted by Gasteiger charge is -2.30. The van der Waals surface area contributed by atoms with E-state index in [0.29, 0.717) is 42.4 Å². The molecule has 1 N–H and O–H groups in total. The number of benzene rings is 3. The maximum Gasteiger partial charge on any atom is 0.200 e. The molecule has 1 fully saturated rings. The maximum absolute atomic E-state index is 15.1. The Labute approximate surface area is 202 Å². The molecule has 4 rings (SSSR count). The third kappa shape index (κ3) is 5.13. The fraction of sp³-hybridized carbons (Fsp3) is 0.310. The highest BCUT2D eigenvalue weighted by Crippen LogP contribution is 2.43. The topological polar surface area (TPSA) is 29.5 Å². The lowest BCUT2D eigenvalue weighted by atomic mass is 9.75. The van der Waals surface area contributed by atoms with Gasteiger partial charge in [0.25, 0.3) is 0 Å². The largest absolute Gasteiger partial charge is 0.486 e. The number of halogens is 4. The molecule has 0 aliphatic heterocycles. The van der Waals surface area contributed by atoms with Crippen molar-refractivity contribution < 1.29 is 27.4 Å². The summed E-state index contributed by atoms with van der Waals surface area (Å²) in [5.41, 5.74) is 1.98. The third-order valence-corrected chi connectivity index (χ3v) is 6.86. The van der Waals surface area contributed by atoms with Gasteiger partial charge < -0.3 is 9.84 Å². The molecular weight excluding hydrogens is 456 g/mol. The van der Waals surface area contributed by atoms with Gasteiger partial charge in [-0.3, -0.25) is 0 Å². The van der Waals surface area contributed by atoms with Crippen LogP contribution in [0.4, 0.5) is 17.6 Å². The summed E-state index contributed by atoms with van der Waals surface area (Å²) >= 11 is 0. The van der Waals surface area contributed by atoms with E-state index >= 15 is 4.39 Å². The second-order valence-electron chi connectivity index (χ2n) is 9.06. The van der Waals surface area contributed by atoms with Crippen molar-refractivity contribution in [3.8, 4) is 16.9 Å². The van der Waals surface area contributed by atoms with Crippen molar-refractivity contribution >= 4 is 0 Å². The first kappa shape index (κ1) is 25.0. The SMILES string of the molecule is C=CCOc1ccc(C2CCC(c3ccc(-c4ccc(C(C)O)cc4)c(F)c3F)CC2)c(F)c1F. The number of hydrogen-bond acceptors (Lipinski definition) is 2. The summed E-state index contributed by atoms with van der Waals surface area (Å²) in [5.74, 6) is -4.26. The first-order chi connectivity index (χ1) is 16.8. The van der Waals surface area contributed by atoms with Crippen LogP contribution in [0.15, 0.2) is 61.2 Å². The highest BCUT2D eigenvalue weighted by atomic mass is 19.2. The molecule has 184 valence electrons. The number of rotatable bonds is 7. The van der Waals surface area contributed by atoms with Crippen molar-refractivity contribution in [1.29, 1.82) is 0 Å². The molecule has 0 heterocycles. The highest BCUT2D eigenvalue weighted by molar-refractivity contribution is 5.65. The summed E-state index contributed by atoms with van der Waals surface area (Å²) in [4.78, 5) is 0. The van der Waals surface area contributed by atoms with Crippen molar-refractivity contribution in [1.82, 2.24) is 0 Å². The highest BCUT2D eigenvalue weighted by Gasteiger charge is 2.29.